The molecule has 0 bridgehead atoms. The summed E-state index contributed by atoms with van der Waals surface area (Å²) in [5.74, 6) is -0.939. The number of benzene rings is 1. The van der Waals surface area contributed by atoms with E-state index >= 15 is 0 Å². The van der Waals surface area contributed by atoms with Gasteiger partial charge in [0.25, 0.3) is 5.91 Å². The Hall–Kier alpha value is -2.67. The van der Waals surface area contributed by atoms with E-state index < -0.39 is 12.1 Å². The van der Waals surface area contributed by atoms with Gasteiger partial charge in [-0.05, 0) is 63.5 Å². The second-order valence-corrected chi connectivity index (χ2v) is 7.85. The van der Waals surface area contributed by atoms with Crippen molar-refractivity contribution in [2.24, 2.45) is 0 Å². The Labute approximate surface area is 169 Å². The van der Waals surface area contributed by atoms with Crippen LogP contribution in [0.2, 0.25) is 0 Å². The Morgan fingerprint density at radius 2 is 1.93 bits per heavy atom. The molecule has 1 atom stereocenters. The van der Waals surface area contributed by atoms with E-state index in [4.69, 9.17) is 4.74 Å². The number of thiazole rings is 1. The number of ether oxygens (including phenoxy) is 1. The number of nitrogens with zero attached hydrogens (tertiary/aromatic N) is 2. The molecule has 2 aromatic rings. The van der Waals surface area contributed by atoms with Crippen molar-refractivity contribution in [3.05, 3.63) is 46.4 Å². The van der Waals surface area contributed by atoms with Gasteiger partial charge in [0.1, 0.15) is 0 Å². The van der Waals surface area contributed by atoms with Crippen molar-refractivity contribution in [2.75, 3.05) is 23.3 Å². The van der Waals surface area contributed by atoms with Crippen LogP contribution in [0.15, 0.2) is 35.7 Å². The molecule has 0 radical (unpaired) electrons. The number of rotatable bonds is 6. The number of nitrogens with one attached hydrogen (secondary N) is 1. The van der Waals surface area contributed by atoms with Crippen molar-refractivity contribution >= 4 is 40.7 Å². The summed E-state index contributed by atoms with van der Waals surface area (Å²) in [5, 5.41) is 5.56. The molecule has 28 heavy (non-hydrogen) atoms. The molecule has 7 heteroatoms. The lowest BCUT2D eigenvalue weighted by Gasteiger charge is -2.28. The maximum atomic E-state index is 12.3. The standard InChI is InChI=1S/C21H25N3O3S/c1-15(27-20(25)11-8-18-14-28-16(2)22-18)21(26)23-17-6-9-19(10-7-17)24-12-4-3-5-13-24/h6-11,14-15H,3-5,12-13H2,1-2H3,(H,23,26)/b11-8+. The molecule has 0 spiro atoms. The van der Waals surface area contributed by atoms with Crippen molar-refractivity contribution in [1.29, 1.82) is 0 Å². The molecule has 1 aliphatic heterocycles. The zero-order valence-electron chi connectivity index (χ0n) is 16.2. The maximum absolute atomic E-state index is 12.3. The van der Waals surface area contributed by atoms with Crippen LogP contribution in [0.25, 0.3) is 6.08 Å². The van der Waals surface area contributed by atoms with Crippen molar-refractivity contribution < 1.29 is 14.3 Å². The number of hydrogen-bond donors (Lipinski definition) is 1. The van der Waals surface area contributed by atoms with Gasteiger partial charge in [0.2, 0.25) is 0 Å². The smallest absolute Gasteiger partial charge is 0.331 e. The van der Waals surface area contributed by atoms with Crippen LogP contribution >= 0.6 is 11.3 Å². The fourth-order valence-corrected chi connectivity index (χ4v) is 3.61. The second kappa shape index (κ2) is 9.50. The lowest BCUT2D eigenvalue weighted by molar-refractivity contribution is -0.148. The van der Waals surface area contributed by atoms with E-state index in [9.17, 15) is 9.59 Å². The highest BCUT2D eigenvalue weighted by Crippen LogP contribution is 2.22. The van der Waals surface area contributed by atoms with E-state index in [0.717, 1.165) is 18.1 Å². The average molecular weight is 400 g/mol. The number of esters is 1. The van der Waals surface area contributed by atoms with Crippen molar-refractivity contribution in [2.45, 2.75) is 39.2 Å². The normalized spacial score (nSPS) is 15.4. The summed E-state index contributed by atoms with van der Waals surface area (Å²) in [5.41, 5.74) is 2.55. The first-order valence-corrected chi connectivity index (χ1v) is 10.4. The number of aryl methyl sites for hydroxylation is 1. The average Bonchev–Trinajstić information content (AvgIpc) is 3.13. The van der Waals surface area contributed by atoms with Crippen molar-refractivity contribution in [3.63, 3.8) is 0 Å². The van der Waals surface area contributed by atoms with Gasteiger partial charge < -0.3 is 15.0 Å². The minimum atomic E-state index is -0.893. The van der Waals surface area contributed by atoms with Gasteiger partial charge in [-0.2, -0.15) is 0 Å². The Bertz CT molecular complexity index is 839. The number of aromatic nitrogens is 1. The molecule has 2 heterocycles. The highest BCUT2D eigenvalue weighted by atomic mass is 32.1. The molecule has 6 nitrogen and oxygen atoms in total. The van der Waals surface area contributed by atoms with Gasteiger partial charge in [-0.1, -0.05) is 0 Å². The summed E-state index contributed by atoms with van der Waals surface area (Å²) in [6.45, 7) is 5.60. The van der Waals surface area contributed by atoms with Crippen LogP contribution in [0, 0.1) is 6.92 Å². The summed E-state index contributed by atoms with van der Waals surface area (Å²) in [7, 11) is 0. The number of piperidine rings is 1. The minimum Gasteiger partial charge on any atom is -0.449 e. The van der Waals surface area contributed by atoms with Crippen LogP contribution in [-0.4, -0.2) is 36.1 Å². The SMILES string of the molecule is Cc1nc(/C=C/C(=O)OC(C)C(=O)Nc2ccc(N3CCCCC3)cc2)cs1. The number of carbonyl (C=O) groups excluding carboxylic acids is 2. The molecule has 1 saturated heterocycles. The summed E-state index contributed by atoms with van der Waals surface area (Å²) >= 11 is 1.50. The molecule has 0 saturated carbocycles. The Balaban J connectivity index is 1.49. The lowest BCUT2D eigenvalue weighted by Crippen LogP contribution is -2.30. The summed E-state index contributed by atoms with van der Waals surface area (Å²) in [6.07, 6.45) is 5.70. The van der Waals surface area contributed by atoms with E-state index in [1.807, 2.05) is 36.6 Å². The van der Waals surface area contributed by atoms with Gasteiger partial charge in [-0.25, -0.2) is 9.78 Å². The van der Waals surface area contributed by atoms with Crippen LogP contribution in [0.5, 0.6) is 0 Å². The highest BCUT2D eigenvalue weighted by molar-refractivity contribution is 7.09. The largest absolute Gasteiger partial charge is 0.449 e. The van der Waals surface area contributed by atoms with Crippen LogP contribution in [0.3, 0.4) is 0 Å². The lowest BCUT2D eigenvalue weighted by atomic mass is 10.1. The maximum Gasteiger partial charge on any atom is 0.331 e. The molecule has 148 valence electrons. The Morgan fingerprint density at radius 3 is 2.57 bits per heavy atom. The third kappa shape index (κ3) is 5.66. The molecule has 1 unspecified atom stereocenters. The van der Waals surface area contributed by atoms with Gasteiger partial charge in [0.15, 0.2) is 6.10 Å². The summed E-state index contributed by atoms with van der Waals surface area (Å²) in [6, 6.07) is 7.77. The Kier molecular flexibility index (Phi) is 6.81. The third-order valence-electron chi connectivity index (χ3n) is 4.55. The van der Waals surface area contributed by atoms with E-state index in [-0.39, 0.29) is 5.91 Å². The number of hydrogen-bond acceptors (Lipinski definition) is 6. The minimum absolute atomic E-state index is 0.364. The van der Waals surface area contributed by atoms with E-state index in [2.05, 4.69) is 15.2 Å². The van der Waals surface area contributed by atoms with Gasteiger partial charge in [0, 0.05) is 35.9 Å². The van der Waals surface area contributed by atoms with E-state index in [1.165, 1.54) is 42.4 Å². The quantitative estimate of drug-likeness (QED) is 0.587. The van der Waals surface area contributed by atoms with Crippen LogP contribution < -0.4 is 10.2 Å². The molecule has 1 amide bonds. The van der Waals surface area contributed by atoms with Crippen LogP contribution in [0.4, 0.5) is 11.4 Å². The van der Waals surface area contributed by atoms with Crippen LogP contribution in [0.1, 0.15) is 36.9 Å². The van der Waals surface area contributed by atoms with E-state index in [0.29, 0.717) is 11.4 Å². The van der Waals surface area contributed by atoms with Crippen LogP contribution in [-0.2, 0) is 14.3 Å². The summed E-state index contributed by atoms with van der Waals surface area (Å²) in [4.78, 5) is 30.8. The summed E-state index contributed by atoms with van der Waals surface area (Å²) < 4.78 is 5.16. The highest BCUT2D eigenvalue weighted by Gasteiger charge is 2.17. The second-order valence-electron chi connectivity index (χ2n) is 6.79. The van der Waals surface area contributed by atoms with Gasteiger partial charge in [0.05, 0.1) is 10.7 Å². The molecule has 1 aromatic heterocycles. The molecule has 3 rings (SSSR count). The first-order valence-electron chi connectivity index (χ1n) is 9.48. The molecule has 1 aliphatic rings. The van der Waals surface area contributed by atoms with Gasteiger partial charge >= 0.3 is 5.97 Å². The van der Waals surface area contributed by atoms with E-state index in [1.54, 1.807) is 13.0 Å². The monoisotopic (exact) mass is 399 g/mol. The zero-order valence-corrected chi connectivity index (χ0v) is 17.0. The van der Waals surface area contributed by atoms with Crippen molar-refractivity contribution in [3.8, 4) is 0 Å². The fourth-order valence-electron chi connectivity index (χ4n) is 3.03. The number of carbonyl (C=O) groups is 2. The molecular weight excluding hydrogens is 374 g/mol. The topological polar surface area (TPSA) is 71.5 Å². The molecule has 1 fully saturated rings. The Morgan fingerprint density at radius 1 is 1.21 bits per heavy atom. The van der Waals surface area contributed by atoms with Crippen molar-refractivity contribution in [1.82, 2.24) is 4.98 Å². The zero-order chi connectivity index (χ0) is 19.9. The fraction of sp³-hybridized carbons (Fsp3) is 0.381. The molecule has 0 aliphatic carbocycles. The third-order valence-corrected chi connectivity index (χ3v) is 5.34. The predicted octanol–water partition coefficient (Wildman–Crippen LogP) is 4.03. The first-order chi connectivity index (χ1) is 13.5. The molecule has 1 N–H and O–H groups in total. The number of amides is 1. The molecule has 1 aromatic carbocycles. The predicted molar refractivity (Wildman–Crippen MR) is 113 cm³/mol. The van der Waals surface area contributed by atoms with Gasteiger partial charge in [-0.15, -0.1) is 11.3 Å². The van der Waals surface area contributed by atoms with Gasteiger partial charge in [-0.3, -0.25) is 4.79 Å². The molecular formula is C21H25N3O3S. The first kappa shape index (κ1) is 20.1. The number of anilines is 2.